The average Bonchev–Trinajstić information content (AvgIpc) is 3.23. The van der Waals surface area contributed by atoms with Gasteiger partial charge in [-0.2, -0.15) is 0 Å². The van der Waals surface area contributed by atoms with Gasteiger partial charge >= 0.3 is 6.09 Å². The number of phenolic OH excluding ortho intramolecular Hbond substituents is 1. The van der Waals surface area contributed by atoms with Gasteiger partial charge in [0.05, 0.1) is 23.9 Å². The summed E-state index contributed by atoms with van der Waals surface area (Å²) in [5, 5.41) is 10.8. The van der Waals surface area contributed by atoms with Crippen molar-refractivity contribution in [3.63, 3.8) is 0 Å². The highest BCUT2D eigenvalue weighted by Gasteiger charge is 2.24. The number of fused-ring (bicyclic) bond motifs is 2. The summed E-state index contributed by atoms with van der Waals surface area (Å²) in [6.45, 7) is 5.33. The fraction of sp³-hybridized carbons (Fsp3) is 0.344. The number of alkyl halides is 1. The second-order valence-electron chi connectivity index (χ2n) is 11.3. The van der Waals surface area contributed by atoms with E-state index < -0.39 is 18.4 Å². The van der Waals surface area contributed by atoms with Gasteiger partial charge in [-0.15, -0.1) is 0 Å². The zero-order valence-corrected chi connectivity index (χ0v) is 24.3. The molecule has 9 heteroatoms. The molecule has 4 aromatic rings. The first kappa shape index (κ1) is 28.6. The lowest BCUT2D eigenvalue weighted by molar-refractivity contribution is 0.0226. The van der Waals surface area contributed by atoms with Crippen LogP contribution in [0.1, 0.15) is 68.0 Å². The number of halogens is 2. The topological polar surface area (TPSA) is 80.0 Å². The number of carbonyl (C=O) groups excluding carboxylic acids is 1. The van der Waals surface area contributed by atoms with Gasteiger partial charge in [-0.25, -0.2) is 9.78 Å². The summed E-state index contributed by atoms with van der Waals surface area (Å²) in [7, 11) is 0. The number of phenols is 1. The van der Waals surface area contributed by atoms with Crippen LogP contribution in [0.2, 0.25) is 5.02 Å². The third-order valence-electron chi connectivity index (χ3n) is 7.00. The van der Waals surface area contributed by atoms with Gasteiger partial charge in [0.25, 0.3) is 0 Å². The van der Waals surface area contributed by atoms with Gasteiger partial charge < -0.3 is 19.1 Å². The Morgan fingerprint density at radius 1 is 1.17 bits per heavy atom. The molecule has 1 aromatic carbocycles. The first-order valence-corrected chi connectivity index (χ1v) is 14.2. The van der Waals surface area contributed by atoms with Crippen molar-refractivity contribution >= 4 is 34.5 Å². The molecule has 1 amide bonds. The molecule has 5 rings (SSSR count). The van der Waals surface area contributed by atoms with Crippen molar-refractivity contribution in [3.05, 3.63) is 94.2 Å². The van der Waals surface area contributed by atoms with E-state index in [1.54, 1.807) is 39.2 Å². The Balaban J connectivity index is 1.57. The lowest BCUT2D eigenvalue weighted by atomic mass is 9.88. The number of imidazole rings is 1. The molecule has 0 fully saturated rings. The van der Waals surface area contributed by atoms with E-state index in [0.29, 0.717) is 16.4 Å². The van der Waals surface area contributed by atoms with E-state index in [-0.39, 0.29) is 25.3 Å². The lowest BCUT2D eigenvalue weighted by Gasteiger charge is -2.26. The standard InChI is InChI=1S/C32H34ClFN4O3/c1-32(2,3)41-31(40)38(14-5-12-34)20-23-19-37-15-11-22(17-29(37)36-23)30-25-9-8-24(39)16-21(25)6-4-7-27(30)26-10-13-35-18-28(26)33/h8-11,13,15-19,39H,4-7,12,14,20H2,1-3H3. The second kappa shape index (κ2) is 11.9. The normalized spacial score (nSPS) is 13.7. The van der Waals surface area contributed by atoms with Crippen LogP contribution in [0.4, 0.5) is 9.18 Å². The Bertz CT molecular complexity index is 1610. The molecule has 0 saturated heterocycles. The van der Waals surface area contributed by atoms with Crippen LogP contribution in [0.25, 0.3) is 16.8 Å². The first-order valence-electron chi connectivity index (χ1n) is 13.8. The molecule has 0 unspecified atom stereocenters. The number of allylic oxidation sites excluding steroid dienone is 1. The number of ether oxygens (including phenoxy) is 1. The number of nitrogens with zero attached hydrogens (tertiary/aromatic N) is 4. The maximum atomic E-state index is 13.0. The zero-order chi connectivity index (χ0) is 29.1. The van der Waals surface area contributed by atoms with Crippen molar-refractivity contribution in [1.82, 2.24) is 19.3 Å². The molecule has 0 bridgehead atoms. The number of carbonyl (C=O) groups is 1. The third-order valence-corrected chi connectivity index (χ3v) is 7.30. The number of pyridine rings is 2. The van der Waals surface area contributed by atoms with E-state index in [4.69, 9.17) is 21.3 Å². The molecule has 3 aromatic heterocycles. The smallest absolute Gasteiger partial charge is 0.410 e. The van der Waals surface area contributed by atoms with Crippen LogP contribution in [-0.4, -0.2) is 49.3 Å². The predicted molar refractivity (Wildman–Crippen MR) is 159 cm³/mol. The fourth-order valence-corrected chi connectivity index (χ4v) is 5.50. The van der Waals surface area contributed by atoms with Crippen LogP contribution in [0.15, 0.2) is 61.2 Å². The van der Waals surface area contributed by atoms with Crippen molar-refractivity contribution in [2.24, 2.45) is 0 Å². The van der Waals surface area contributed by atoms with Crippen LogP contribution in [0.3, 0.4) is 0 Å². The lowest BCUT2D eigenvalue weighted by Crippen LogP contribution is -2.37. The summed E-state index contributed by atoms with van der Waals surface area (Å²) >= 11 is 6.65. The molecule has 0 spiro atoms. The van der Waals surface area contributed by atoms with Gasteiger partial charge in [-0.05, 0) is 110 Å². The summed E-state index contributed by atoms with van der Waals surface area (Å²) in [4.78, 5) is 23.3. The van der Waals surface area contributed by atoms with Gasteiger partial charge in [0.2, 0.25) is 0 Å². The molecule has 3 heterocycles. The Kier molecular flexibility index (Phi) is 8.31. The van der Waals surface area contributed by atoms with E-state index in [0.717, 1.165) is 52.7 Å². The van der Waals surface area contributed by atoms with Crippen LogP contribution in [0.5, 0.6) is 5.75 Å². The highest BCUT2D eigenvalue weighted by atomic mass is 35.5. The van der Waals surface area contributed by atoms with E-state index in [9.17, 15) is 14.3 Å². The van der Waals surface area contributed by atoms with Crippen LogP contribution in [0, 0.1) is 0 Å². The summed E-state index contributed by atoms with van der Waals surface area (Å²) in [5.41, 5.74) is 6.89. The molecule has 7 nitrogen and oxygen atoms in total. The Labute approximate surface area is 244 Å². The molecule has 1 aliphatic rings. The van der Waals surface area contributed by atoms with E-state index >= 15 is 0 Å². The van der Waals surface area contributed by atoms with Gasteiger partial charge in [-0.3, -0.25) is 9.37 Å². The molecule has 1 N–H and O–H groups in total. The molecule has 0 aliphatic heterocycles. The number of aromatic nitrogens is 3. The number of aryl methyl sites for hydroxylation is 1. The number of amides is 1. The molecular formula is C32H34ClFN4O3. The fourth-order valence-electron chi connectivity index (χ4n) is 5.27. The molecule has 41 heavy (non-hydrogen) atoms. The predicted octanol–water partition coefficient (Wildman–Crippen LogP) is 7.48. The third kappa shape index (κ3) is 6.54. The Hall–Kier alpha value is -3.91. The molecule has 0 atom stereocenters. The highest BCUT2D eigenvalue weighted by Crippen LogP contribution is 2.42. The van der Waals surface area contributed by atoms with Crippen LogP contribution >= 0.6 is 11.6 Å². The minimum atomic E-state index is -0.659. The monoisotopic (exact) mass is 576 g/mol. The maximum absolute atomic E-state index is 13.0. The maximum Gasteiger partial charge on any atom is 0.410 e. The van der Waals surface area contributed by atoms with Gasteiger partial charge in [0.1, 0.15) is 17.0 Å². The minimum Gasteiger partial charge on any atom is -0.508 e. The summed E-state index contributed by atoms with van der Waals surface area (Å²) in [6.07, 6.45) is 9.50. The number of hydrogen-bond acceptors (Lipinski definition) is 5. The summed E-state index contributed by atoms with van der Waals surface area (Å²) < 4.78 is 20.5. The quantitative estimate of drug-likeness (QED) is 0.247. The number of benzene rings is 1. The van der Waals surface area contributed by atoms with Crippen molar-refractivity contribution in [2.75, 3.05) is 13.2 Å². The van der Waals surface area contributed by atoms with E-state index in [1.807, 2.05) is 47.1 Å². The van der Waals surface area contributed by atoms with E-state index in [1.165, 1.54) is 4.90 Å². The molecule has 0 saturated carbocycles. The average molecular weight is 577 g/mol. The second-order valence-corrected chi connectivity index (χ2v) is 11.7. The highest BCUT2D eigenvalue weighted by molar-refractivity contribution is 6.32. The van der Waals surface area contributed by atoms with Crippen molar-refractivity contribution in [2.45, 2.75) is 58.6 Å². The Morgan fingerprint density at radius 2 is 2.00 bits per heavy atom. The SMILES string of the molecule is CC(C)(C)OC(=O)N(CCCF)Cc1cn2ccc(C3=C(c4ccncc4Cl)CCCc4cc(O)ccc43)cc2n1. The van der Waals surface area contributed by atoms with Crippen molar-refractivity contribution < 1.29 is 19.0 Å². The number of hydrogen-bond donors (Lipinski definition) is 1. The number of rotatable bonds is 7. The minimum absolute atomic E-state index is 0.203. The Morgan fingerprint density at radius 3 is 2.76 bits per heavy atom. The largest absolute Gasteiger partial charge is 0.508 e. The zero-order valence-electron chi connectivity index (χ0n) is 23.5. The molecular weight excluding hydrogens is 543 g/mol. The van der Waals surface area contributed by atoms with Gasteiger partial charge in [0, 0.05) is 31.3 Å². The van der Waals surface area contributed by atoms with Crippen LogP contribution in [-0.2, 0) is 17.7 Å². The van der Waals surface area contributed by atoms with Gasteiger partial charge in [0.15, 0.2) is 0 Å². The number of aromatic hydroxyl groups is 1. The van der Waals surface area contributed by atoms with E-state index in [2.05, 4.69) is 4.98 Å². The van der Waals surface area contributed by atoms with Gasteiger partial charge in [-0.1, -0.05) is 17.7 Å². The van der Waals surface area contributed by atoms with Crippen molar-refractivity contribution in [3.8, 4) is 5.75 Å². The molecule has 0 radical (unpaired) electrons. The summed E-state index contributed by atoms with van der Waals surface area (Å²) in [6, 6.07) is 11.5. The molecule has 214 valence electrons. The first-order chi connectivity index (χ1) is 19.6. The molecule has 1 aliphatic carbocycles. The van der Waals surface area contributed by atoms with Crippen molar-refractivity contribution in [1.29, 1.82) is 0 Å². The summed E-state index contributed by atoms with van der Waals surface area (Å²) in [5.74, 6) is 0.240. The van der Waals surface area contributed by atoms with Crippen LogP contribution < -0.4 is 0 Å².